The number of hydrogen-bond donors (Lipinski definition) is 0. The molecule has 19 heavy (non-hydrogen) atoms. The summed E-state index contributed by atoms with van der Waals surface area (Å²) in [4.78, 5) is 0. The molecule has 91 valence electrons. The van der Waals surface area contributed by atoms with Gasteiger partial charge < -0.3 is 9.39 Å². The summed E-state index contributed by atoms with van der Waals surface area (Å²) < 4.78 is 11.0. The van der Waals surface area contributed by atoms with Gasteiger partial charge >= 0.3 is 7.48 Å². The molecule has 2 aromatic rings. The molecule has 1 aliphatic heterocycles. The van der Waals surface area contributed by atoms with Crippen LogP contribution in [-0.4, -0.2) is 7.48 Å². The normalized spacial score (nSPS) is 12.4. The minimum absolute atomic E-state index is 0.495. The molecule has 0 fully saturated rings. The first-order valence-corrected chi connectivity index (χ1v) is 6.05. The van der Waals surface area contributed by atoms with Gasteiger partial charge in [0, 0.05) is 0 Å². The van der Waals surface area contributed by atoms with Crippen LogP contribution in [0.25, 0.3) is 0 Å². The van der Waals surface area contributed by atoms with Crippen molar-refractivity contribution in [1.29, 1.82) is 5.26 Å². The SMILES string of the molecule is N#Cc1ccc(COc2ccc3c(c2)CO[B]3)cc1. The lowest BCUT2D eigenvalue weighted by molar-refractivity contribution is 0.304. The average Bonchev–Trinajstić information content (AvgIpc) is 2.93. The summed E-state index contributed by atoms with van der Waals surface area (Å²) in [5, 5.41) is 8.73. The van der Waals surface area contributed by atoms with Crippen LogP contribution in [0, 0.1) is 11.3 Å². The zero-order valence-corrected chi connectivity index (χ0v) is 10.3. The van der Waals surface area contributed by atoms with E-state index in [1.54, 1.807) is 19.6 Å². The van der Waals surface area contributed by atoms with Crippen LogP contribution < -0.4 is 10.2 Å². The van der Waals surface area contributed by atoms with Gasteiger partial charge in [-0.15, -0.1) is 0 Å². The Morgan fingerprint density at radius 3 is 2.84 bits per heavy atom. The van der Waals surface area contributed by atoms with Crippen molar-refractivity contribution in [2.24, 2.45) is 0 Å². The van der Waals surface area contributed by atoms with Gasteiger partial charge in [-0.3, -0.25) is 0 Å². The molecular weight excluding hydrogens is 237 g/mol. The zero-order valence-electron chi connectivity index (χ0n) is 10.3. The maximum absolute atomic E-state index is 8.73. The lowest BCUT2D eigenvalue weighted by Gasteiger charge is -2.07. The molecule has 0 amide bonds. The van der Waals surface area contributed by atoms with Gasteiger partial charge in [0.1, 0.15) is 12.4 Å². The molecule has 0 atom stereocenters. The van der Waals surface area contributed by atoms with Crippen molar-refractivity contribution in [2.75, 3.05) is 0 Å². The fraction of sp³-hybridized carbons (Fsp3) is 0.133. The van der Waals surface area contributed by atoms with Crippen LogP contribution in [0.1, 0.15) is 16.7 Å². The molecular formula is C15H11BNO2. The van der Waals surface area contributed by atoms with Crippen molar-refractivity contribution < 1.29 is 9.39 Å². The maximum atomic E-state index is 8.73. The maximum Gasteiger partial charge on any atom is 0.330 e. The summed E-state index contributed by atoms with van der Waals surface area (Å²) in [5.41, 5.74) is 3.97. The second kappa shape index (κ2) is 5.17. The van der Waals surface area contributed by atoms with E-state index in [1.165, 1.54) is 0 Å². The number of rotatable bonds is 3. The van der Waals surface area contributed by atoms with Crippen LogP contribution >= 0.6 is 0 Å². The summed E-state index contributed by atoms with van der Waals surface area (Å²) in [6.45, 7) is 1.11. The van der Waals surface area contributed by atoms with Crippen molar-refractivity contribution >= 4 is 12.9 Å². The van der Waals surface area contributed by atoms with Crippen molar-refractivity contribution in [3.63, 3.8) is 0 Å². The van der Waals surface area contributed by atoms with Gasteiger partial charge in [-0.25, -0.2) is 0 Å². The largest absolute Gasteiger partial charge is 0.489 e. The van der Waals surface area contributed by atoms with Crippen LogP contribution in [0.15, 0.2) is 42.5 Å². The Labute approximate surface area is 112 Å². The molecule has 0 spiro atoms. The molecule has 0 saturated heterocycles. The molecule has 0 bridgehead atoms. The predicted molar refractivity (Wildman–Crippen MR) is 72.1 cm³/mol. The summed E-state index contributed by atoms with van der Waals surface area (Å²) in [7, 11) is 1.76. The van der Waals surface area contributed by atoms with E-state index in [1.807, 2.05) is 30.3 Å². The molecule has 1 heterocycles. The summed E-state index contributed by atoms with van der Waals surface area (Å²) in [6, 6.07) is 15.4. The molecule has 2 aromatic carbocycles. The van der Waals surface area contributed by atoms with Gasteiger partial charge in [-0.1, -0.05) is 18.2 Å². The van der Waals surface area contributed by atoms with E-state index in [0.29, 0.717) is 18.8 Å². The first-order chi connectivity index (χ1) is 9.35. The van der Waals surface area contributed by atoms with E-state index in [9.17, 15) is 0 Å². The number of nitriles is 1. The van der Waals surface area contributed by atoms with E-state index in [2.05, 4.69) is 6.07 Å². The van der Waals surface area contributed by atoms with Gasteiger partial charge in [-0.05, 0) is 40.9 Å². The highest BCUT2D eigenvalue weighted by Crippen LogP contribution is 2.17. The molecule has 0 aliphatic carbocycles. The highest BCUT2D eigenvalue weighted by atomic mass is 16.5. The summed E-state index contributed by atoms with van der Waals surface area (Å²) >= 11 is 0. The smallest absolute Gasteiger partial charge is 0.330 e. The molecule has 4 heteroatoms. The van der Waals surface area contributed by atoms with Gasteiger partial charge in [0.25, 0.3) is 0 Å². The van der Waals surface area contributed by atoms with E-state index >= 15 is 0 Å². The number of benzene rings is 2. The average molecular weight is 248 g/mol. The van der Waals surface area contributed by atoms with Gasteiger partial charge in [0.05, 0.1) is 18.2 Å². The fourth-order valence-corrected chi connectivity index (χ4v) is 1.98. The lowest BCUT2D eigenvalue weighted by atomic mass is 9.87. The minimum atomic E-state index is 0.495. The van der Waals surface area contributed by atoms with Crippen molar-refractivity contribution in [3.05, 3.63) is 59.2 Å². The van der Waals surface area contributed by atoms with Crippen LogP contribution in [-0.2, 0) is 17.9 Å². The fourth-order valence-electron chi connectivity index (χ4n) is 1.98. The highest BCUT2D eigenvalue weighted by Gasteiger charge is 2.13. The molecule has 0 N–H and O–H groups in total. The highest BCUT2D eigenvalue weighted by molar-refractivity contribution is 6.48. The van der Waals surface area contributed by atoms with Gasteiger partial charge in [-0.2, -0.15) is 5.26 Å². The predicted octanol–water partition coefficient (Wildman–Crippen LogP) is 1.91. The van der Waals surface area contributed by atoms with E-state index in [-0.39, 0.29) is 0 Å². The molecule has 3 nitrogen and oxygen atoms in total. The van der Waals surface area contributed by atoms with Crippen molar-refractivity contribution in [3.8, 4) is 11.8 Å². The van der Waals surface area contributed by atoms with E-state index in [4.69, 9.17) is 14.7 Å². The van der Waals surface area contributed by atoms with Crippen LogP contribution in [0.3, 0.4) is 0 Å². The second-order valence-electron chi connectivity index (χ2n) is 4.39. The third kappa shape index (κ3) is 2.62. The van der Waals surface area contributed by atoms with Crippen molar-refractivity contribution in [1.82, 2.24) is 0 Å². The van der Waals surface area contributed by atoms with Crippen LogP contribution in [0.4, 0.5) is 0 Å². The zero-order chi connectivity index (χ0) is 13.1. The Kier molecular flexibility index (Phi) is 3.22. The minimum Gasteiger partial charge on any atom is -0.489 e. The van der Waals surface area contributed by atoms with Gasteiger partial charge in [0.2, 0.25) is 0 Å². The Balaban J connectivity index is 1.67. The Morgan fingerprint density at radius 1 is 1.21 bits per heavy atom. The quantitative estimate of drug-likeness (QED) is 0.779. The monoisotopic (exact) mass is 248 g/mol. The first-order valence-electron chi connectivity index (χ1n) is 6.05. The molecule has 3 rings (SSSR count). The first kappa shape index (κ1) is 11.8. The topological polar surface area (TPSA) is 42.2 Å². The number of nitrogens with zero attached hydrogens (tertiary/aromatic N) is 1. The van der Waals surface area contributed by atoms with Crippen molar-refractivity contribution in [2.45, 2.75) is 13.2 Å². The summed E-state index contributed by atoms with van der Waals surface area (Å²) in [6.07, 6.45) is 0. The standard InChI is InChI=1S/C15H11BNO2/c17-8-11-1-3-12(4-2-11)9-18-14-5-6-15-13(7-14)10-19-16-15/h1-7H,9-10H2. The molecule has 1 aliphatic rings. The second-order valence-corrected chi connectivity index (χ2v) is 4.39. The molecule has 0 saturated carbocycles. The lowest BCUT2D eigenvalue weighted by Crippen LogP contribution is -2.10. The van der Waals surface area contributed by atoms with E-state index in [0.717, 1.165) is 22.3 Å². The Hall–Kier alpha value is -2.25. The molecule has 1 radical (unpaired) electrons. The third-order valence-electron chi connectivity index (χ3n) is 3.05. The number of fused-ring (bicyclic) bond motifs is 1. The van der Waals surface area contributed by atoms with Crippen LogP contribution in [0.5, 0.6) is 5.75 Å². The van der Waals surface area contributed by atoms with Gasteiger partial charge in [0.15, 0.2) is 0 Å². The van der Waals surface area contributed by atoms with E-state index < -0.39 is 0 Å². The number of hydrogen-bond acceptors (Lipinski definition) is 3. The third-order valence-corrected chi connectivity index (χ3v) is 3.05. The Bertz CT molecular complexity index is 632. The number of ether oxygens (including phenoxy) is 1. The summed E-state index contributed by atoms with van der Waals surface area (Å²) in [5.74, 6) is 0.835. The molecule has 0 aromatic heterocycles. The molecule has 0 unspecified atom stereocenters. The Morgan fingerprint density at radius 2 is 2.05 bits per heavy atom. The van der Waals surface area contributed by atoms with Crippen LogP contribution in [0.2, 0.25) is 0 Å².